The van der Waals surface area contributed by atoms with Crippen LogP contribution in [-0.2, 0) is 14.3 Å². The molecule has 1 saturated heterocycles. The van der Waals surface area contributed by atoms with Gasteiger partial charge in [0.1, 0.15) is 11.5 Å². The number of ketones is 1. The first-order chi connectivity index (χ1) is 15.3. The number of methoxy groups -OCH3 is 2. The maximum absolute atomic E-state index is 13.0. The Morgan fingerprint density at radius 1 is 1.09 bits per heavy atom. The number of aliphatic hydroxyl groups excluding tert-OH is 1. The number of aryl methyl sites for hydroxylation is 1. The number of benzene rings is 2. The molecule has 1 fully saturated rings. The monoisotopic (exact) mass is 441 g/mol. The van der Waals surface area contributed by atoms with Gasteiger partial charge in [-0.1, -0.05) is 6.07 Å². The maximum Gasteiger partial charge on any atom is 0.295 e. The van der Waals surface area contributed by atoms with Gasteiger partial charge in [0.15, 0.2) is 11.5 Å². The number of hydrogen-bond donors (Lipinski definition) is 2. The van der Waals surface area contributed by atoms with E-state index in [1.807, 2.05) is 6.92 Å². The summed E-state index contributed by atoms with van der Waals surface area (Å²) in [5, 5.41) is 21.2. The molecule has 0 spiro atoms. The van der Waals surface area contributed by atoms with Crippen LogP contribution >= 0.6 is 0 Å². The zero-order valence-electron chi connectivity index (χ0n) is 18.5. The Kier molecular flexibility index (Phi) is 7.05. The van der Waals surface area contributed by atoms with Gasteiger partial charge in [-0.25, -0.2) is 0 Å². The minimum absolute atomic E-state index is 0.0381. The fourth-order valence-electron chi connectivity index (χ4n) is 3.80. The zero-order chi connectivity index (χ0) is 23.4. The number of carbonyl (C=O) groups excluding carboxylic acids is 2. The van der Waals surface area contributed by atoms with Crippen molar-refractivity contribution in [1.82, 2.24) is 4.90 Å². The summed E-state index contributed by atoms with van der Waals surface area (Å²) in [5.41, 5.74) is 1.64. The van der Waals surface area contributed by atoms with Gasteiger partial charge < -0.3 is 29.3 Å². The van der Waals surface area contributed by atoms with Crippen molar-refractivity contribution >= 4 is 17.4 Å². The van der Waals surface area contributed by atoms with Crippen LogP contribution in [0.5, 0.6) is 17.2 Å². The predicted octanol–water partition coefficient (Wildman–Crippen LogP) is 3.18. The zero-order valence-corrected chi connectivity index (χ0v) is 18.5. The minimum atomic E-state index is -0.868. The van der Waals surface area contributed by atoms with E-state index >= 15 is 0 Å². The topological polar surface area (TPSA) is 106 Å². The molecule has 1 amide bonds. The first-order valence-electron chi connectivity index (χ1n) is 10.2. The summed E-state index contributed by atoms with van der Waals surface area (Å²) in [7, 11) is 3.05. The van der Waals surface area contributed by atoms with Crippen molar-refractivity contribution in [2.45, 2.75) is 19.9 Å². The molecule has 1 aliphatic rings. The Labute approximate surface area is 186 Å². The Morgan fingerprint density at radius 2 is 1.84 bits per heavy atom. The van der Waals surface area contributed by atoms with E-state index in [1.54, 1.807) is 44.4 Å². The summed E-state index contributed by atoms with van der Waals surface area (Å²) in [5.74, 6) is -1.01. The summed E-state index contributed by atoms with van der Waals surface area (Å²) in [6, 6.07) is 8.75. The summed E-state index contributed by atoms with van der Waals surface area (Å²) in [4.78, 5) is 27.2. The molecule has 1 heterocycles. The molecule has 2 N–H and O–H groups in total. The van der Waals surface area contributed by atoms with Gasteiger partial charge in [0.05, 0.1) is 31.9 Å². The summed E-state index contributed by atoms with van der Waals surface area (Å²) >= 11 is 0. The van der Waals surface area contributed by atoms with Crippen molar-refractivity contribution in [2.75, 3.05) is 34.0 Å². The number of nitrogens with zero attached hydrogens (tertiary/aromatic N) is 1. The number of amides is 1. The van der Waals surface area contributed by atoms with E-state index in [2.05, 4.69) is 0 Å². The molecular formula is C24H27NO7. The van der Waals surface area contributed by atoms with E-state index in [1.165, 1.54) is 18.1 Å². The van der Waals surface area contributed by atoms with Crippen LogP contribution in [0, 0.1) is 6.92 Å². The Morgan fingerprint density at radius 3 is 2.47 bits per heavy atom. The van der Waals surface area contributed by atoms with Gasteiger partial charge in [-0.05, 0) is 55.3 Å². The summed E-state index contributed by atoms with van der Waals surface area (Å²) in [6.07, 6.45) is 0. The molecule has 32 heavy (non-hydrogen) atoms. The van der Waals surface area contributed by atoms with Crippen LogP contribution in [0.25, 0.3) is 5.76 Å². The average molecular weight is 441 g/mol. The third kappa shape index (κ3) is 4.27. The summed E-state index contributed by atoms with van der Waals surface area (Å²) < 4.78 is 15.8. The second kappa shape index (κ2) is 9.74. The number of phenols is 1. The number of phenolic OH excluding ortho intramolecular Hbond substituents is 1. The highest BCUT2D eigenvalue weighted by Crippen LogP contribution is 2.42. The Bertz CT molecular complexity index is 1060. The highest BCUT2D eigenvalue weighted by Gasteiger charge is 2.46. The van der Waals surface area contributed by atoms with Crippen molar-refractivity contribution in [3.8, 4) is 17.2 Å². The van der Waals surface area contributed by atoms with Crippen LogP contribution in [0.4, 0.5) is 0 Å². The number of Topliss-reactive ketones (excluding diaryl/α,β-unsaturated/α-hetero) is 1. The van der Waals surface area contributed by atoms with Crippen LogP contribution in [0.2, 0.25) is 0 Å². The lowest BCUT2D eigenvalue weighted by Crippen LogP contribution is -2.32. The van der Waals surface area contributed by atoms with Gasteiger partial charge in [-0.3, -0.25) is 9.59 Å². The van der Waals surface area contributed by atoms with Crippen molar-refractivity contribution < 1.29 is 34.0 Å². The molecule has 8 heteroatoms. The second-order valence-corrected chi connectivity index (χ2v) is 7.33. The molecule has 3 rings (SSSR count). The molecule has 1 aliphatic heterocycles. The number of hydrogen-bond acceptors (Lipinski definition) is 7. The molecule has 1 atom stereocenters. The normalized spacial score (nSPS) is 17.6. The quantitative estimate of drug-likeness (QED) is 0.368. The number of carbonyl (C=O) groups is 2. The fourth-order valence-corrected chi connectivity index (χ4v) is 3.80. The molecule has 0 unspecified atom stereocenters. The van der Waals surface area contributed by atoms with Crippen LogP contribution in [0.3, 0.4) is 0 Å². The van der Waals surface area contributed by atoms with Crippen LogP contribution < -0.4 is 9.47 Å². The Hall–Kier alpha value is -3.52. The largest absolute Gasteiger partial charge is 0.507 e. The molecule has 170 valence electrons. The smallest absolute Gasteiger partial charge is 0.295 e. The van der Waals surface area contributed by atoms with Crippen molar-refractivity contribution in [3.05, 3.63) is 58.7 Å². The molecule has 0 bridgehead atoms. The van der Waals surface area contributed by atoms with Crippen LogP contribution in [0.1, 0.15) is 29.7 Å². The third-order valence-electron chi connectivity index (χ3n) is 5.34. The lowest BCUT2D eigenvalue weighted by Gasteiger charge is -2.25. The number of aliphatic hydroxyl groups is 1. The third-order valence-corrected chi connectivity index (χ3v) is 5.34. The molecular weight excluding hydrogens is 414 g/mol. The first-order valence-corrected chi connectivity index (χ1v) is 10.2. The van der Waals surface area contributed by atoms with Gasteiger partial charge in [0.25, 0.3) is 11.7 Å². The number of likely N-dealkylation sites (tertiary alicyclic amines) is 1. The minimum Gasteiger partial charge on any atom is -0.507 e. The standard InChI is InChI=1S/C24H27NO7/c1-5-32-19-13-15(6-8-17(19)26)21-20(23(28)24(29)25(21)10-11-30-3)22(27)16-7-9-18(31-4)14(2)12-16/h6-9,12-13,21,26-27H,5,10-11H2,1-4H3/t21-/m0/s1. The van der Waals surface area contributed by atoms with E-state index in [-0.39, 0.29) is 36.0 Å². The number of aromatic hydroxyl groups is 1. The van der Waals surface area contributed by atoms with Gasteiger partial charge in [-0.2, -0.15) is 0 Å². The second-order valence-electron chi connectivity index (χ2n) is 7.33. The lowest BCUT2D eigenvalue weighted by atomic mass is 9.94. The van der Waals surface area contributed by atoms with Crippen LogP contribution in [-0.4, -0.2) is 60.8 Å². The van der Waals surface area contributed by atoms with E-state index in [4.69, 9.17) is 14.2 Å². The molecule has 0 saturated carbocycles. The highest BCUT2D eigenvalue weighted by molar-refractivity contribution is 6.46. The molecule has 2 aromatic carbocycles. The van der Waals surface area contributed by atoms with Gasteiger partial charge in [0, 0.05) is 19.2 Å². The lowest BCUT2D eigenvalue weighted by molar-refractivity contribution is -0.140. The summed E-state index contributed by atoms with van der Waals surface area (Å²) in [6.45, 7) is 4.28. The Balaban J connectivity index is 2.19. The van der Waals surface area contributed by atoms with Crippen LogP contribution in [0.15, 0.2) is 42.0 Å². The number of ether oxygens (including phenoxy) is 3. The molecule has 0 radical (unpaired) electrons. The SMILES string of the molecule is CCOc1cc([C@H]2C(=C(O)c3ccc(OC)c(C)c3)C(=O)C(=O)N2CCOC)ccc1O. The number of rotatable bonds is 8. The van der Waals surface area contributed by atoms with E-state index in [9.17, 15) is 19.8 Å². The molecule has 2 aromatic rings. The molecule has 8 nitrogen and oxygen atoms in total. The van der Waals surface area contributed by atoms with E-state index in [0.717, 1.165) is 5.56 Å². The van der Waals surface area contributed by atoms with Gasteiger partial charge in [-0.15, -0.1) is 0 Å². The maximum atomic E-state index is 13.0. The van der Waals surface area contributed by atoms with E-state index in [0.29, 0.717) is 23.5 Å². The van der Waals surface area contributed by atoms with E-state index < -0.39 is 17.7 Å². The van der Waals surface area contributed by atoms with Crippen molar-refractivity contribution in [1.29, 1.82) is 0 Å². The molecule has 0 aliphatic carbocycles. The predicted molar refractivity (Wildman–Crippen MR) is 118 cm³/mol. The highest BCUT2D eigenvalue weighted by atomic mass is 16.5. The molecule has 0 aromatic heterocycles. The van der Waals surface area contributed by atoms with Gasteiger partial charge >= 0.3 is 0 Å². The van der Waals surface area contributed by atoms with Gasteiger partial charge in [0.2, 0.25) is 0 Å². The van der Waals surface area contributed by atoms with Crippen molar-refractivity contribution in [2.24, 2.45) is 0 Å². The average Bonchev–Trinajstić information content (AvgIpc) is 3.03. The fraction of sp³-hybridized carbons (Fsp3) is 0.333. The first kappa shape index (κ1) is 23.1. The van der Waals surface area contributed by atoms with Crippen molar-refractivity contribution in [3.63, 3.8) is 0 Å².